The van der Waals surface area contributed by atoms with Crippen LogP contribution < -0.4 is 11.5 Å². The topological polar surface area (TPSA) is 223 Å². The first-order chi connectivity index (χ1) is 23.0. The molecular weight excluding hydrogens is 652 g/mol. The molecule has 6 N–H and O–H groups in total. The summed E-state index contributed by atoms with van der Waals surface area (Å²) in [7, 11) is 0. The lowest BCUT2D eigenvalue weighted by atomic mass is 9.40. The van der Waals surface area contributed by atoms with Crippen LogP contribution >= 0.6 is 0 Å². The minimum atomic E-state index is -2.19. The number of carbonyl (C=O) groups is 4. The lowest BCUT2D eigenvalue weighted by molar-refractivity contribution is -0.273. The Hall–Kier alpha value is -2.36. The van der Waals surface area contributed by atoms with E-state index in [-0.39, 0.29) is 18.6 Å². The van der Waals surface area contributed by atoms with E-state index in [2.05, 4.69) is 0 Å². The molecule has 0 aromatic rings. The number of hydrogen-bond acceptors (Lipinski definition) is 14. The van der Waals surface area contributed by atoms with Crippen molar-refractivity contribution in [1.29, 1.82) is 0 Å². The van der Waals surface area contributed by atoms with Crippen LogP contribution in [0.1, 0.15) is 81.6 Å². The zero-order chi connectivity index (χ0) is 36.7. The Kier molecular flexibility index (Phi) is 6.79. The summed E-state index contributed by atoms with van der Waals surface area (Å²) in [6, 6.07) is 0. The van der Waals surface area contributed by atoms with E-state index < -0.39 is 129 Å². The predicted molar refractivity (Wildman–Crippen MR) is 170 cm³/mol. The molecule has 1 spiro atoms. The molecule has 14 nitrogen and oxygen atoms in total. The van der Waals surface area contributed by atoms with E-state index in [9.17, 15) is 29.4 Å². The van der Waals surface area contributed by atoms with E-state index in [4.69, 9.17) is 39.9 Å². The highest BCUT2D eigenvalue weighted by Crippen LogP contribution is 2.81. The van der Waals surface area contributed by atoms with Gasteiger partial charge < -0.3 is 50.1 Å². The molecule has 8 aliphatic rings. The van der Waals surface area contributed by atoms with Crippen molar-refractivity contribution in [3.8, 4) is 0 Å². The quantitative estimate of drug-likeness (QED) is 0.180. The van der Waals surface area contributed by atoms with Gasteiger partial charge in [-0.15, -0.1) is 0 Å². The number of carbonyl (C=O) groups excluding carboxylic acids is 4. The molecule has 3 aliphatic heterocycles. The summed E-state index contributed by atoms with van der Waals surface area (Å²) in [4.78, 5) is 53.3. The van der Waals surface area contributed by atoms with Gasteiger partial charge in [-0.2, -0.15) is 0 Å². The Balaban J connectivity index is 1.41. The summed E-state index contributed by atoms with van der Waals surface area (Å²) in [5.74, 6) is -8.30. The molecule has 3 saturated heterocycles. The lowest BCUT2D eigenvalue weighted by Gasteiger charge is -2.67. The van der Waals surface area contributed by atoms with Crippen molar-refractivity contribution in [2.45, 2.75) is 147 Å². The van der Waals surface area contributed by atoms with E-state index in [0.717, 1.165) is 0 Å². The molecule has 19 atom stereocenters. The summed E-state index contributed by atoms with van der Waals surface area (Å²) in [6.07, 6.45) is -4.24. The highest BCUT2D eigenvalue weighted by atomic mass is 16.8. The van der Waals surface area contributed by atoms with Crippen molar-refractivity contribution in [2.24, 2.45) is 63.2 Å². The highest BCUT2D eigenvalue weighted by molar-refractivity contribution is 5.85. The van der Waals surface area contributed by atoms with Crippen LogP contribution in [0.25, 0.3) is 0 Å². The molecular formula is C36H52N2O12. The molecule has 0 amide bonds. The summed E-state index contributed by atoms with van der Waals surface area (Å²) in [5, 5.41) is 25.2. The molecule has 278 valence electrons. The normalized spacial score (nSPS) is 59.3. The van der Waals surface area contributed by atoms with Crippen molar-refractivity contribution in [3.63, 3.8) is 0 Å². The number of aliphatic hydroxyl groups excluding tert-OH is 1. The molecule has 50 heavy (non-hydrogen) atoms. The molecule has 0 radical (unpaired) electrons. The van der Waals surface area contributed by atoms with Gasteiger partial charge in [0.05, 0.1) is 35.2 Å². The molecule has 3 heterocycles. The van der Waals surface area contributed by atoms with Crippen LogP contribution in [-0.2, 0) is 47.6 Å². The second kappa shape index (κ2) is 9.79. The van der Waals surface area contributed by atoms with Crippen LogP contribution in [0.3, 0.4) is 0 Å². The van der Waals surface area contributed by atoms with Gasteiger partial charge in [-0.1, -0.05) is 34.6 Å². The fourth-order valence-electron chi connectivity index (χ4n) is 13.4. The molecule has 0 aromatic carbocycles. The number of rotatable bonds is 4. The maximum Gasteiger partial charge on any atom is 0.341 e. The summed E-state index contributed by atoms with van der Waals surface area (Å²) in [5.41, 5.74) is 6.35. The molecule has 14 heteroatoms. The van der Waals surface area contributed by atoms with Gasteiger partial charge in [0.1, 0.15) is 24.4 Å². The minimum absolute atomic E-state index is 0.0607. The van der Waals surface area contributed by atoms with Gasteiger partial charge in [-0.05, 0) is 43.9 Å². The smallest absolute Gasteiger partial charge is 0.341 e. The summed E-state index contributed by atoms with van der Waals surface area (Å²) < 4.78 is 37.2. The Labute approximate surface area is 291 Å². The molecule has 5 aliphatic carbocycles. The van der Waals surface area contributed by atoms with Gasteiger partial charge >= 0.3 is 23.9 Å². The van der Waals surface area contributed by atoms with Gasteiger partial charge in [0.25, 0.3) is 5.79 Å². The second-order valence-corrected chi connectivity index (χ2v) is 18.1. The van der Waals surface area contributed by atoms with Crippen LogP contribution in [0, 0.1) is 51.8 Å². The van der Waals surface area contributed by atoms with Gasteiger partial charge in [-0.25, -0.2) is 4.79 Å². The first kappa shape index (κ1) is 34.7. The lowest BCUT2D eigenvalue weighted by Crippen LogP contribution is -2.77. The number of epoxide rings is 2. The Morgan fingerprint density at radius 3 is 2.16 bits per heavy atom. The van der Waals surface area contributed by atoms with Crippen molar-refractivity contribution in [3.05, 3.63) is 0 Å². The maximum absolute atomic E-state index is 13.5. The molecule has 0 bridgehead atoms. The zero-order valence-electron chi connectivity index (χ0n) is 30.3. The van der Waals surface area contributed by atoms with Crippen LogP contribution in [0.15, 0.2) is 0 Å². The number of aliphatic hydroxyl groups is 2. The summed E-state index contributed by atoms with van der Waals surface area (Å²) >= 11 is 0. The fraction of sp³-hybridized carbons (Fsp3) is 0.889. The monoisotopic (exact) mass is 704 g/mol. The molecule has 8 fully saturated rings. The van der Waals surface area contributed by atoms with E-state index in [1.54, 1.807) is 20.8 Å². The van der Waals surface area contributed by atoms with E-state index in [0.29, 0.717) is 12.8 Å². The first-order valence-corrected chi connectivity index (χ1v) is 18.1. The molecule has 5 saturated carbocycles. The summed E-state index contributed by atoms with van der Waals surface area (Å²) in [6.45, 7) is 14.8. The largest absolute Gasteiger partial charge is 0.462 e. The first-order valence-electron chi connectivity index (χ1n) is 18.1. The third kappa shape index (κ3) is 3.61. The maximum atomic E-state index is 13.5. The third-order valence-electron chi connectivity index (χ3n) is 15.7. The Morgan fingerprint density at radius 2 is 1.56 bits per heavy atom. The van der Waals surface area contributed by atoms with Crippen LogP contribution in [0.4, 0.5) is 0 Å². The van der Waals surface area contributed by atoms with Crippen molar-refractivity contribution >= 4 is 23.9 Å². The highest BCUT2D eigenvalue weighted by Gasteiger charge is 2.96. The third-order valence-corrected chi connectivity index (χ3v) is 15.7. The van der Waals surface area contributed by atoms with Crippen molar-refractivity contribution in [1.82, 2.24) is 0 Å². The standard InChI is InChI=1S/C36H52N2O12/c1-13(2)28(42)48-19-12-34(37)11-18-17(47-18)10-30(34,6)21-20(19)22-25(41)35(38)24(31(22,7)27(46-16(5)40)23(21)45-15(4)39)14(3)26-36(49-26)33(35,9)32(8,44)29(43)50-36/h13-14,17-27,41,44H,10-12,37-38H2,1-9H3/t14-,17+,18-,19-,20?,21?,22+,23-,24+,25+,26+,27-,30+,31-,32+,33+,34-,35+,36-/m0/s1. The van der Waals surface area contributed by atoms with Gasteiger partial charge in [0.15, 0.2) is 5.60 Å². The number of hydrogen-bond donors (Lipinski definition) is 4. The number of ether oxygens (including phenoxy) is 6. The average molecular weight is 705 g/mol. The average Bonchev–Trinajstić information content (AvgIpc) is 3.89. The minimum Gasteiger partial charge on any atom is -0.462 e. The zero-order valence-corrected chi connectivity index (χ0v) is 30.3. The number of nitrogens with two attached hydrogens (primary N) is 2. The molecule has 8 rings (SSSR count). The molecule has 0 aromatic heterocycles. The number of fused-ring (bicyclic) bond motifs is 9. The van der Waals surface area contributed by atoms with Crippen LogP contribution in [0.5, 0.6) is 0 Å². The Bertz CT molecular complexity index is 1590. The van der Waals surface area contributed by atoms with Gasteiger partial charge in [-0.3, -0.25) is 14.4 Å². The van der Waals surface area contributed by atoms with E-state index >= 15 is 0 Å². The Morgan fingerprint density at radius 1 is 0.940 bits per heavy atom. The van der Waals surface area contributed by atoms with Crippen LogP contribution in [-0.4, -0.2) is 99.3 Å². The van der Waals surface area contributed by atoms with Crippen molar-refractivity contribution in [2.75, 3.05) is 0 Å². The predicted octanol–water partition coefficient (Wildman–Crippen LogP) is 0.702. The van der Waals surface area contributed by atoms with Crippen LogP contribution in [0.2, 0.25) is 0 Å². The second-order valence-electron chi connectivity index (χ2n) is 18.1. The van der Waals surface area contributed by atoms with E-state index in [1.807, 2.05) is 20.8 Å². The SMILES string of the molecule is CC(=O)O[C@H]1C2C([C@@H](OC(=O)C(C)C)C[C@@]3(N)C[C@@H]4O[C@@H]4C[C@]23C)[C@@H]2[C@@H](O)[C@]3(N)[C@H]([C@H](C)[C@H]4O[C@]45OC(=O)[C@@](C)(O)[C@@]53C)[C@@]2(C)[C@H]1OC(C)=O. The van der Waals surface area contributed by atoms with Gasteiger partial charge in [0.2, 0.25) is 0 Å². The number of esters is 4. The van der Waals surface area contributed by atoms with Gasteiger partial charge in [0, 0.05) is 49.0 Å². The van der Waals surface area contributed by atoms with E-state index in [1.165, 1.54) is 20.8 Å². The molecule has 2 unspecified atom stereocenters. The fourth-order valence-corrected chi connectivity index (χ4v) is 13.4. The van der Waals surface area contributed by atoms with Crippen molar-refractivity contribution < 1.29 is 57.8 Å².